The topological polar surface area (TPSA) is 145 Å². The van der Waals surface area contributed by atoms with Crippen molar-refractivity contribution in [3.05, 3.63) is 81.1 Å². The zero-order chi connectivity index (χ0) is 24.6. The van der Waals surface area contributed by atoms with Gasteiger partial charge in [-0.3, -0.25) is 24.6 Å². The summed E-state index contributed by atoms with van der Waals surface area (Å²) in [5.41, 5.74) is -0.0950. The number of ketones is 1. The van der Waals surface area contributed by atoms with Crippen LogP contribution in [0.2, 0.25) is 0 Å². The molecule has 0 spiro atoms. The average Bonchev–Trinajstić information content (AvgIpc) is 3.38. The number of hydrogen-bond acceptors (Lipinski definition) is 9. The Morgan fingerprint density at radius 3 is 2.47 bits per heavy atom. The number of methoxy groups -OCH3 is 2. The first kappa shape index (κ1) is 22.5. The van der Waals surface area contributed by atoms with Crippen LogP contribution in [0.5, 0.6) is 11.5 Å². The number of rotatable bonds is 6. The lowest BCUT2D eigenvalue weighted by Gasteiger charge is -2.22. The summed E-state index contributed by atoms with van der Waals surface area (Å²) >= 11 is 0. The fourth-order valence-corrected chi connectivity index (χ4v) is 3.80. The number of Topliss-reactive ketones (excluding diaryl/α,β-unsaturated/α-hetero) is 1. The zero-order valence-electron chi connectivity index (χ0n) is 18.3. The molecule has 0 bridgehead atoms. The largest absolute Gasteiger partial charge is 0.507 e. The Balaban J connectivity index is 1.96. The van der Waals surface area contributed by atoms with E-state index in [0.717, 1.165) is 4.90 Å². The van der Waals surface area contributed by atoms with Crippen molar-refractivity contribution in [1.82, 2.24) is 5.16 Å². The van der Waals surface area contributed by atoms with E-state index < -0.39 is 28.4 Å². The van der Waals surface area contributed by atoms with E-state index in [1.54, 1.807) is 6.92 Å². The number of non-ortho nitro benzene ring substituents is 1. The van der Waals surface area contributed by atoms with Gasteiger partial charge in [0.1, 0.15) is 11.5 Å². The number of carbonyl (C=O) groups is 2. The van der Waals surface area contributed by atoms with E-state index in [9.17, 15) is 24.8 Å². The standard InChI is InChI=1S/C23H19N3O8/c1-12-9-18(24-34-12)25-20(13-5-4-6-15(10-13)26(30)31)19(22(28)23(25)29)21(27)14-7-8-16(32-2)17(11-14)33-3/h4-11,20,27H,1-3H3/b21-19+. The van der Waals surface area contributed by atoms with E-state index in [2.05, 4.69) is 5.16 Å². The van der Waals surface area contributed by atoms with Gasteiger partial charge >= 0.3 is 5.91 Å². The van der Waals surface area contributed by atoms with Crippen LogP contribution in [0, 0.1) is 17.0 Å². The van der Waals surface area contributed by atoms with Crippen LogP contribution in [0.25, 0.3) is 5.76 Å². The van der Waals surface area contributed by atoms with E-state index in [4.69, 9.17) is 14.0 Å². The molecule has 0 saturated carbocycles. The minimum absolute atomic E-state index is 0.0301. The fourth-order valence-electron chi connectivity index (χ4n) is 3.80. The zero-order valence-corrected chi connectivity index (χ0v) is 18.3. The van der Waals surface area contributed by atoms with Gasteiger partial charge in [-0.25, -0.2) is 0 Å². The Bertz CT molecular complexity index is 1340. The molecule has 2 heterocycles. The molecule has 174 valence electrons. The molecule has 2 aromatic carbocycles. The highest BCUT2D eigenvalue weighted by molar-refractivity contribution is 6.51. The Morgan fingerprint density at radius 2 is 1.85 bits per heavy atom. The maximum absolute atomic E-state index is 13.1. The highest BCUT2D eigenvalue weighted by Gasteiger charge is 2.48. The molecule has 4 rings (SSSR count). The first-order valence-electron chi connectivity index (χ1n) is 9.98. The maximum atomic E-state index is 13.1. The van der Waals surface area contributed by atoms with Crippen molar-refractivity contribution in [2.24, 2.45) is 0 Å². The number of nitro groups is 1. The lowest BCUT2D eigenvalue weighted by Crippen LogP contribution is -2.29. The SMILES string of the molecule is COc1ccc(/C(O)=C2\C(=O)C(=O)N(c3cc(C)on3)C2c2cccc([N+](=O)[O-])c2)cc1OC. The first-order chi connectivity index (χ1) is 16.3. The molecule has 0 aliphatic carbocycles. The Hall–Kier alpha value is -4.67. The smallest absolute Gasteiger partial charge is 0.301 e. The predicted molar refractivity (Wildman–Crippen MR) is 119 cm³/mol. The molecule has 1 atom stereocenters. The van der Waals surface area contributed by atoms with Crippen LogP contribution < -0.4 is 14.4 Å². The minimum atomic E-state index is -1.20. The molecule has 1 aliphatic rings. The highest BCUT2D eigenvalue weighted by Crippen LogP contribution is 2.43. The molecule has 1 fully saturated rings. The number of aryl methyl sites for hydroxylation is 1. The quantitative estimate of drug-likeness (QED) is 0.190. The molecule has 34 heavy (non-hydrogen) atoms. The number of hydrogen-bond donors (Lipinski definition) is 1. The third-order valence-corrected chi connectivity index (χ3v) is 5.36. The van der Waals surface area contributed by atoms with E-state index in [-0.39, 0.29) is 28.2 Å². The summed E-state index contributed by atoms with van der Waals surface area (Å²) < 4.78 is 15.5. The second kappa shape index (κ2) is 8.70. The predicted octanol–water partition coefficient (Wildman–Crippen LogP) is 3.53. The van der Waals surface area contributed by atoms with Gasteiger partial charge in [0.2, 0.25) is 0 Å². The van der Waals surface area contributed by atoms with Crippen molar-refractivity contribution in [3.63, 3.8) is 0 Å². The number of benzene rings is 2. The van der Waals surface area contributed by atoms with Gasteiger partial charge in [0.25, 0.3) is 11.5 Å². The van der Waals surface area contributed by atoms with Crippen LogP contribution in [-0.4, -0.2) is 41.1 Å². The van der Waals surface area contributed by atoms with Crippen LogP contribution in [0.3, 0.4) is 0 Å². The van der Waals surface area contributed by atoms with Crippen molar-refractivity contribution in [2.75, 3.05) is 19.1 Å². The third kappa shape index (κ3) is 3.72. The van der Waals surface area contributed by atoms with Gasteiger partial charge in [-0.1, -0.05) is 17.3 Å². The number of aliphatic hydroxyl groups excluding tert-OH is 1. The Morgan fingerprint density at radius 1 is 1.12 bits per heavy atom. The summed E-state index contributed by atoms with van der Waals surface area (Å²) in [4.78, 5) is 38.0. The highest BCUT2D eigenvalue weighted by atomic mass is 16.6. The number of aromatic nitrogens is 1. The lowest BCUT2D eigenvalue weighted by molar-refractivity contribution is -0.384. The minimum Gasteiger partial charge on any atom is -0.507 e. The molecule has 1 amide bonds. The molecular formula is C23H19N3O8. The van der Waals surface area contributed by atoms with Crippen LogP contribution in [0.15, 0.2) is 58.6 Å². The maximum Gasteiger partial charge on any atom is 0.301 e. The molecular weight excluding hydrogens is 446 g/mol. The van der Waals surface area contributed by atoms with Crippen LogP contribution in [0.4, 0.5) is 11.5 Å². The molecule has 0 radical (unpaired) electrons. The van der Waals surface area contributed by atoms with Gasteiger partial charge in [0.15, 0.2) is 17.3 Å². The van der Waals surface area contributed by atoms with Crippen molar-refractivity contribution in [1.29, 1.82) is 0 Å². The number of aliphatic hydroxyl groups is 1. The van der Waals surface area contributed by atoms with Crippen LogP contribution in [-0.2, 0) is 9.59 Å². The number of nitrogens with zero attached hydrogens (tertiary/aromatic N) is 3. The first-order valence-corrected chi connectivity index (χ1v) is 9.98. The second-order valence-electron chi connectivity index (χ2n) is 7.39. The number of nitro benzene ring substituents is 1. The second-order valence-corrected chi connectivity index (χ2v) is 7.39. The van der Waals surface area contributed by atoms with Gasteiger partial charge in [0, 0.05) is 23.8 Å². The monoisotopic (exact) mass is 465 g/mol. The van der Waals surface area contributed by atoms with Gasteiger partial charge in [-0.05, 0) is 30.7 Å². The lowest BCUT2D eigenvalue weighted by atomic mass is 9.95. The molecule has 1 N–H and O–H groups in total. The Labute approximate surface area is 192 Å². The summed E-state index contributed by atoms with van der Waals surface area (Å²) in [6.45, 7) is 1.61. The number of carbonyl (C=O) groups excluding carboxylic acids is 2. The average molecular weight is 465 g/mol. The summed E-state index contributed by atoms with van der Waals surface area (Å²) in [6, 6.07) is 10.2. The van der Waals surface area contributed by atoms with E-state index in [1.165, 1.54) is 62.8 Å². The van der Waals surface area contributed by atoms with Gasteiger partial charge in [-0.2, -0.15) is 0 Å². The third-order valence-electron chi connectivity index (χ3n) is 5.36. The van der Waals surface area contributed by atoms with Crippen molar-refractivity contribution in [2.45, 2.75) is 13.0 Å². The number of ether oxygens (including phenoxy) is 2. The molecule has 1 saturated heterocycles. The molecule has 1 aromatic heterocycles. The summed E-state index contributed by atoms with van der Waals surface area (Å²) in [5, 5.41) is 26.4. The van der Waals surface area contributed by atoms with Crippen molar-refractivity contribution >= 4 is 29.0 Å². The van der Waals surface area contributed by atoms with Gasteiger partial charge < -0.3 is 19.1 Å². The van der Waals surface area contributed by atoms with Crippen molar-refractivity contribution in [3.8, 4) is 11.5 Å². The molecule has 1 unspecified atom stereocenters. The van der Waals surface area contributed by atoms with Crippen molar-refractivity contribution < 1.29 is 33.6 Å². The summed E-state index contributed by atoms with van der Waals surface area (Å²) in [6.07, 6.45) is 0. The fraction of sp³-hybridized carbons (Fsp3) is 0.174. The number of anilines is 1. The van der Waals surface area contributed by atoms with Crippen LogP contribution in [0.1, 0.15) is 22.9 Å². The molecule has 1 aliphatic heterocycles. The van der Waals surface area contributed by atoms with E-state index in [1.807, 2.05) is 0 Å². The summed E-state index contributed by atoms with van der Waals surface area (Å²) in [5.74, 6) is -1.33. The molecule has 11 heteroatoms. The van der Waals surface area contributed by atoms with E-state index in [0.29, 0.717) is 17.3 Å². The summed E-state index contributed by atoms with van der Waals surface area (Å²) in [7, 11) is 2.86. The molecule has 11 nitrogen and oxygen atoms in total. The number of amides is 1. The molecule has 3 aromatic rings. The van der Waals surface area contributed by atoms with Crippen LogP contribution >= 0.6 is 0 Å². The van der Waals surface area contributed by atoms with Gasteiger partial charge in [-0.15, -0.1) is 0 Å². The van der Waals surface area contributed by atoms with E-state index >= 15 is 0 Å². The Kier molecular flexibility index (Phi) is 5.76. The van der Waals surface area contributed by atoms with Gasteiger partial charge in [0.05, 0.1) is 30.8 Å². The normalized spacial score (nSPS) is 17.1.